The second-order valence-corrected chi connectivity index (χ2v) is 11.0. The summed E-state index contributed by atoms with van der Waals surface area (Å²) >= 11 is 0. The Bertz CT molecular complexity index is 1410. The van der Waals surface area contributed by atoms with Crippen LogP contribution in [0.3, 0.4) is 0 Å². The van der Waals surface area contributed by atoms with Crippen LogP contribution in [-0.2, 0) is 27.5 Å². The van der Waals surface area contributed by atoms with Crippen molar-refractivity contribution in [3.63, 3.8) is 0 Å². The number of benzene rings is 2. The fourth-order valence-electron chi connectivity index (χ4n) is 4.22. The maximum atomic E-state index is 13.3. The summed E-state index contributed by atoms with van der Waals surface area (Å²) < 4.78 is 79.4. The maximum absolute atomic E-state index is 13.3. The van der Waals surface area contributed by atoms with E-state index >= 15 is 0 Å². The number of pyridine rings is 1. The van der Waals surface area contributed by atoms with Crippen LogP contribution < -0.4 is 10.2 Å². The van der Waals surface area contributed by atoms with Crippen molar-refractivity contribution in [3.8, 4) is 11.3 Å². The third-order valence-corrected chi connectivity index (χ3v) is 8.15. The van der Waals surface area contributed by atoms with Gasteiger partial charge in [0, 0.05) is 32.7 Å². The Morgan fingerprint density at radius 3 is 2.34 bits per heavy atom. The minimum absolute atomic E-state index is 0.0523. The molecule has 0 saturated carbocycles. The zero-order valence-electron chi connectivity index (χ0n) is 20.7. The van der Waals surface area contributed by atoms with Gasteiger partial charge in [-0.3, -0.25) is 4.79 Å². The number of amides is 1. The van der Waals surface area contributed by atoms with Gasteiger partial charge in [-0.05, 0) is 66.9 Å². The second-order valence-electron chi connectivity index (χ2n) is 9.13. The first-order valence-electron chi connectivity index (χ1n) is 11.8. The molecular weight excluding hydrogens is 524 g/mol. The van der Waals surface area contributed by atoms with E-state index < -0.39 is 39.5 Å². The minimum atomic E-state index is -4.45. The van der Waals surface area contributed by atoms with Gasteiger partial charge in [0.05, 0.1) is 16.2 Å². The number of halogens is 4. The molecule has 1 aliphatic rings. The molecule has 1 atom stereocenters. The number of hydrogen-bond donors (Lipinski definition) is 1. The highest BCUT2D eigenvalue weighted by Gasteiger charge is 2.39. The largest absolute Gasteiger partial charge is 0.416 e. The topological polar surface area (TPSA) is 82.6 Å². The number of hydrogen-bond acceptors (Lipinski definition) is 5. The maximum Gasteiger partial charge on any atom is 0.416 e. The Labute approximate surface area is 218 Å². The van der Waals surface area contributed by atoms with Gasteiger partial charge in [-0.1, -0.05) is 12.1 Å². The molecule has 2 heterocycles. The van der Waals surface area contributed by atoms with Crippen molar-refractivity contribution in [3.05, 3.63) is 77.6 Å². The van der Waals surface area contributed by atoms with Crippen LogP contribution in [0.25, 0.3) is 11.3 Å². The molecule has 0 aliphatic carbocycles. The van der Waals surface area contributed by atoms with E-state index in [1.54, 1.807) is 31.1 Å². The number of aromatic nitrogens is 1. The molecule has 1 unspecified atom stereocenters. The van der Waals surface area contributed by atoms with Crippen LogP contribution in [0.1, 0.15) is 24.0 Å². The van der Waals surface area contributed by atoms with E-state index in [9.17, 15) is 30.8 Å². The number of carbonyl (C=O) groups excluding carboxylic acids is 1. The molecule has 3 aromatic rings. The van der Waals surface area contributed by atoms with Gasteiger partial charge in [0.25, 0.3) is 0 Å². The first-order chi connectivity index (χ1) is 17.9. The predicted octanol–water partition coefficient (Wildman–Crippen LogP) is 4.44. The van der Waals surface area contributed by atoms with Gasteiger partial charge < -0.3 is 10.2 Å². The monoisotopic (exact) mass is 550 g/mol. The standard InChI is InChI=1S/C26H26F4N4O3S/c1-33(2)24-15-17(14-22(32-24)18-5-7-19(8-6-18)26(28,29)30)16-31-25(35)23-4-3-13-34(23)38(36,37)21-11-9-20(27)10-12-21/h5-12,14-15,23H,3-4,13,16H2,1-2H3,(H,31,35). The number of sulfonamides is 1. The zero-order chi connectivity index (χ0) is 27.7. The number of carbonyl (C=O) groups is 1. The van der Waals surface area contributed by atoms with Gasteiger partial charge in [0.1, 0.15) is 17.7 Å². The summed E-state index contributed by atoms with van der Waals surface area (Å²) in [4.78, 5) is 19.2. The highest BCUT2D eigenvalue weighted by Crippen LogP contribution is 2.31. The number of nitrogens with zero attached hydrogens (tertiary/aromatic N) is 3. The van der Waals surface area contributed by atoms with Gasteiger partial charge in [0.2, 0.25) is 15.9 Å². The lowest BCUT2D eigenvalue weighted by molar-refractivity contribution is -0.137. The summed E-state index contributed by atoms with van der Waals surface area (Å²) in [6.45, 7) is 0.215. The molecule has 2 aromatic carbocycles. The van der Waals surface area contributed by atoms with Crippen LogP contribution in [-0.4, -0.2) is 50.3 Å². The first kappa shape index (κ1) is 27.5. The average molecular weight is 551 g/mol. The summed E-state index contributed by atoms with van der Waals surface area (Å²) in [6.07, 6.45) is -3.62. The van der Waals surface area contributed by atoms with Crippen molar-refractivity contribution in [2.45, 2.75) is 36.5 Å². The van der Waals surface area contributed by atoms with E-state index in [4.69, 9.17) is 0 Å². The molecule has 202 valence electrons. The van der Waals surface area contributed by atoms with Crippen LogP contribution in [0.4, 0.5) is 23.4 Å². The Hall–Kier alpha value is -3.51. The summed E-state index contributed by atoms with van der Waals surface area (Å²) in [7, 11) is -0.475. The quantitative estimate of drug-likeness (QED) is 0.440. The Morgan fingerprint density at radius 1 is 1.08 bits per heavy atom. The lowest BCUT2D eigenvalue weighted by Gasteiger charge is -2.23. The molecule has 38 heavy (non-hydrogen) atoms. The molecular formula is C26H26F4N4O3S. The molecule has 1 N–H and O–H groups in total. The number of rotatable bonds is 7. The summed E-state index contributed by atoms with van der Waals surface area (Å²) in [5.41, 5.74) is 0.768. The lowest BCUT2D eigenvalue weighted by Crippen LogP contribution is -2.45. The van der Waals surface area contributed by atoms with Crippen molar-refractivity contribution in [2.75, 3.05) is 25.5 Å². The number of anilines is 1. The normalized spacial score (nSPS) is 16.4. The van der Waals surface area contributed by atoms with Crippen molar-refractivity contribution in [1.29, 1.82) is 0 Å². The molecule has 1 aromatic heterocycles. The second kappa shape index (κ2) is 10.7. The smallest absolute Gasteiger partial charge is 0.363 e. The zero-order valence-corrected chi connectivity index (χ0v) is 21.5. The highest BCUT2D eigenvalue weighted by atomic mass is 32.2. The van der Waals surface area contributed by atoms with Crippen molar-refractivity contribution >= 4 is 21.7 Å². The van der Waals surface area contributed by atoms with E-state index in [0.717, 1.165) is 28.6 Å². The number of nitrogens with one attached hydrogen (secondary N) is 1. The SMILES string of the molecule is CN(C)c1cc(CNC(=O)C2CCCN2S(=O)(=O)c2ccc(F)cc2)cc(-c2ccc(C(F)(F)F)cc2)n1. The van der Waals surface area contributed by atoms with Gasteiger partial charge in [0.15, 0.2) is 0 Å². The molecule has 0 spiro atoms. The van der Waals surface area contributed by atoms with E-state index in [0.29, 0.717) is 35.5 Å². The molecule has 12 heteroatoms. The molecule has 1 aliphatic heterocycles. The van der Waals surface area contributed by atoms with Crippen molar-refractivity contribution in [2.24, 2.45) is 0 Å². The summed E-state index contributed by atoms with van der Waals surface area (Å²) in [5.74, 6) is -0.509. The van der Waals surface area contributed by atoms with Crippen molar-refractivity contribution < 1.29 is 30.8 Å². The van der Waals surface area contributed by atoms with E-state index in [1.807, 2.05) is 0 Å². The fraction of sp³-hybridized carbons (Fsp3) is 0.308. The Morgan fingerprint density at radius 2 is 1.74 bits per heavy atom. The minimum Gasteiger partial charge on any atom is -0.363 e. The Kier molecular flexibility index (Phi) is 7.75. The summed E-state index contributed by atoms with van der Waals surface area (Å²) in [6, 6.07) is 11.6. The Balaban J connectivity index is 1.53. The van der Waals surface area contributed by atoms with E-state index in [1.165, 1.54) is 24.3 Å². The van der Waals surface area contributed by atoms with Crippen LogP contribution in [0.15, 0.2) is 65.6 Å². The van der Waals surface area contributed by atoms with Gasteiger partial charge in [-0.2, -0.15) is 17.5 Å². The van der Waals surface area contributed by atoms with E-state index in [2.05, 4.69) is 10.3 Å². The van der Waals surface area contributed by atoms with Gasteiger partial charge in [-0.25, -0.2) is 17.8 Å². The number of alkyl halides is 3. The highest BCUT2D eigenvalue weighted by molar-refractivity contribution is 7.89. The fourth-order valence-corrected chi connectivity index (χ4v) is 5.88. The molecule has 1 saturated heterocycles. The van der Waals surface area contributed by atoms with Crippen LogP contribution in [0.2, 0.25) is 0 Å². The van der Waals surface area contributed by atoms with Gasteiger partial charge >= 0.3 is 6.18 Å². The third-order valence-electron chi connectivity index (χ3n) is 6.23. The van der Waals surface area contributed by atoms with Crippen LogP contribution >= 0.6 is 0 Å². The lowest BCUT2D eigenvalue weighted by atomic mass is 10.1. The molecule has 4 rings (SSSR count). The summed E-state index contributed by atoms with van der Waals surface area (Å²) in [5, 5.41) is 2.78. The van der Waals surface area contributed by atoms with Crippen LogP contribution in [0.5, 0.6) is 0 Å². The third kappa shape index (κ3) is 5.97. The molecule has 7 nitrogen and oxygen atoms in total. The molecule has 1 fully saturated rings. The first-order valence-corrected chi connectivity index (χ1v) is 13.2. The molecule has 0 bridgehead atoms. The van der Waals surface area contributed by atoms with Crippen LogP contribution in [0, 0.1) is 5.82 Å². The molecule has 0 radical (unpaired) electrons. The van der Waals surface area contributed by atoms with Gasteiger partial charge in [-0.15, -0.1) is 0 Å². The predicted molar refractivity (Wildman–Crippen MR) is 134 cm³/mol. The van der Waals surface area contributed by atoms with Crippen molar-refractivity contribution in [1.82, 2.24) is 14.6 Å². The average Bonchev–Trinajstić information content (AvgIpc) is 3.38. The molecule has 1 amide bonds. The van der Waals surface area contributed by atoms with E-state index in [-0.39, 0.29) is 18.0 Å².